The lowest BCUT2D eigenvalue weighted by molar-refractivity contribution is 0.569. The molecule has 0 aliphatic heterocycles. The Morgan fingerprint density at radius 2 is 2.00 bits per heavy atom. The Hall–Kier alpha value is -1.38. The fraction of sp³-hybridized carbons (Fsp3) is 0.538. The summed E-state index contributed by atoms with van der Waals surface area (Å²) >= 11 is 0. The van der Waals surface area contributed by atoms with Crippen molar-refractivity contribution in [3.8, 4) is 0 Å². The van der Waals surface area contributed by atoms with Gasteiger partial charge >= 0.3 is 0 Å². The van der Waals surface area contributed by atoms with Gasteiger partial charge < -0.3 is 4.57 Å². The number of nitrogens with zero attached hydrogens (tertiary/aromatic N) is 3. The molecule has 2 heterocycles. The van der Waals surface area contributed by atoms with E-state index in [1.54, 1.807) is 0 Å². The average molecular weight is 215 g/mol. The summed E-state index contributed by atoms with van der Waals surface area (Å²) in [5.74, 6) is 0. The molecule has 0 radical (unpaired) electrons. The molecule has 3 heteroatoms. The Kier molecular flexibility index (Phi) is 1.88. The monoisotopic (exact) mass is 215 g/mol. The molecule has 1 saturated carbocycles. The van der Waals surface area contributed by atoms with Gasteiger partial charge in [-0.25, -0.2) is 4.98 Å². The first kappa shape index (κ1) is 9.82. The number of aromatic nitrogens is 3. The Labute approximate surface area is 95.5 Å². The summed E-state index contributed by atoms with van der Waals surface area (Å²) < 4.78 is 2.30. The topological polar surface area (TPSA) is 30.7 Å². The van der Waals surface area contributed by atoms with E-state index in [1.807, 2.05) is 12.5 Å². The molecule has 2 aromatic rings. The molecule has 16 heavy (non-hydrogen) atoms. The molecule has 84 valence electrons. The molecule has 0 amide bonds. The van der Waals surface area contributed by atoms with E-state index in [4.69, 9.17) is 0 Å². The number of fused-ring (bicyclic) bond motifs is 1. The first-order valence-electron chi connectivity index (χ1n) is 5.89. The maximum absolute atomic E-state index is 4.50. The highest BCUT2D eigenvalue weighted by atomic mass is 15.1. The standard InChI is InChI=1S/C13H17N3/c1-13(2,3)12-6-11-10(7-14-12)15-8-16(11)9-4-5-9/h6-9H,4-5H2,1-3H3. The van der Waals surface area contributed by atoms with Gasteiger partial charge in [-0.15, -0.1) is 0 Å². The van der Waals surface area contributed by atoms with Crippen LogP contribution in [-0.4, -0.2) is 14.5 Å². The van der Waals surface area contributed by atoms with Gasteiger partial charge in [-0.3, -0.25) is 4.98 Å². The first-order valence-corrected chi connectivity index (χ1v) is 5.89. The summed E-state index contributed by atoms with van der Waals surface area (Å²) in [6, 6.07) is 2.88. The smallest absolute Gasteiger partial charge is 0.107 e. The number of rotatable bonds is 1. The van der Waals surface area contributed by atoms with Crippen LogP contribution >= 0.6 is 0 Å². The van der Waals surface area contributed by atoms with Gasteiger partial charge in [0.1, 0.15) is 5.52 Å². The van der Waals surface area contributed by atoms with Crippen LogP contribution in [0, 0.1) is 0 Å². The third kappa shape index (κ3) is 1.51. The van der Waals surface area contributed by atoms with Crippen LogP contribution in [0.5, 0.6) is 0 Å². The number of hydrogen-bond donors (Lipinski definition) is 0. The third-order valence-corrected chi connectivity index (χ3v) is 3.17. The van der Waals surface area contributed by atoms with Crippen molar-refractivity contribution in [3.05, 3.63) is 24.3 Å². The van der Waals surface area contributed by atoms with Crippen molar-refractivity contribution < 1.29 is 0 Å². The summed E-state index contributed by atoms with van der Waals surface area (Å²) in [7, 11) is 0. The van der Waals surface area contributed by atoms with Gasteiger partial charge in [0.25, 0.3) is 0 Å². The van der Waals surface area contributed by atoms with Crippen molar-refractivity contribution in [2.24, 2.45) is 0 Å². The molecule has 3 rings (SSSR count). The van der Waals surface area contributed by atoms with Crippen molar-refractivity contribution in [3.63, 3.8) is 0 Å². The number of pyridine rings is 1. The predicted octanol–water partition coefficient (Wildman–Crippen LogP) is 3.06. The van der Waals surface area contributed by atoms with Crippen LogP contribution in [-0.2, 0) is 5.41 Å². The maximum Gasteiger partial charge on any atom is 0.107 e. The lowest BCUT2D eigenvalue weighted by Crippen LogP contribution is -2.13. The molecule has 3 nitrogen and oxygen atoms in total. The molecule has 0 unspecified atom stereocenters. The molecular weight excluding hydrogens is 198 g/mol. The van der Waals surface area contributed by atoms with Crippen LogP contribution in [0.3, 0.4) is 0 Å². The van der Waals surface area contributed by atoms with E-state index in [0.717, 1.165) is 11.2 Å². The summed E-state index contributed by atoms with van der Waals surface area (Å²) in [5, 5.41) is 0. The molecule has 1 fully saturated rings. The number of imidazole rings is 1. The average Bonchev–Trinajstić information content (AvgIpc) is 2.96. The van der Waals surface area contributed by atoms with E-state index < -0.39 is 0 Å². The van der Waals surface area contributed by atoms with E-state index in [0.29, 0.717) is 6.04 Å². The highest BCUT2D eigenvalue weighted by molar-refractivity contribution is 5.75. The van der Waals surface area contributed by atoms with Gasteiger partial charge in [-0.05, 0) is 18.9 Å². The van der Waals surface area contributed by atoms with Gasteiger partial charge in [0.15, 0.2) is 0 Å². The second-order valence-corrected chi connectivity index (χ2v) is 5.69. The molecule has 0 saturated heterocycles. The highest BCUT2D eigenvalue weighted by Gasteiger charge is 2.25. The van der Waals surface area contributed by atoms with E-state index >= 15 is 0 Å². The van der Waals surface area contributed by atoms with Gasteiger partial charge in [0, 0.05) is 17.2 Å². The predicted molar refractivity (Wildman–Crippen MR) is 64.5 cm³/mol. The van der Waals surface area contributed by atoms with Crippen LogP contribution in [0.15, 0.2) is 18.6 Å². The molecule has 0 bridgehead atoms. The van der Waals surface area contributed by atoms with Crippen LogP contribution in [0.2, 0.25) is 0 Å². The van der Waals surface area contributed by atoms with Crippen molar-refractivity contribution >= 4 is 11.0 Å². The summed E-state index contributed by atoms with van der Waals surface area (Å²) in [4.78, 5) is 8.90. The Bertz CT molecular complexity index is 530. The van der Waals surface area contributed by atoms with Gasteiger partial charge in [0.2, 0.25) is 0 Å². The zero-order chi connectivity index (χ0) is 11.3. The molecule has 0 N–H and O–H groups in total. The third-order valence-electron chi connectivity index (χ3n) is 3.17. The van der Waals surface area contributed by atoms with Crippen LogP contribution in [0.25, 0.3) is 11.0 Å². The molecular formula is C13H17N3. The quantitative estimate of drug-likeness (QED) is 0.732. The van der Waals surface area contributed by atoms with Gasteiger partial charge in [-0.2, -0.15) is 0 Å². The van der Waals surface area contributed by atoms with E-state index in [2.05, 4.69) is 41.4 Å². The molecule has 0 spiro atoms. The molecule has 0 aromatic carbocycles. The molecule has 1 aliphatic carbocycles. The Morgan fingerprint density at radius 1 is 1.25 bits per heavy atom. The molecule has 1 aliphatic rings. The lowest BCUT2D eigenvalue weighted by atomic mass is 9.91. The Morgan fingerprint density at radius 3 is 2.62 bits per heavy atom. The van der Waals surface area contributed by atoms with Crippen molar-refractivity contribution in [2.45, 2.75) is 45.1 Å². The van der Waals surface area contributed by atoms with Crippen molar-refractivity contribution in [2.75, 3.05) is 0 Å². The van der Waals surface area contributed by atoms with Crippen LogP contribution in [0.1, 0.15) is 45.3 Å². The minimum absolute atomic E-state index is 0.104. The minimum Gasteiger partial charge on any atom is -0.327 e. The highest BCUT2D eigenvalue weighted by Crippen LogP contribution is 2.37. The zero-order valence-corrected chi connectivity index (χ0v) is 10.1. The normalized spacial score (nSPS) is 16.9. The minimum atomic E-state index is 0.104. The summed E-state index contributed by atoms with van der Waals surface area (Å²) in [6.45, 7) is 6.58. The number of hydrogen-bond acceptors (Lipinski definition) is 2. The summed E-state index contributed by atoms with van der Waals surface area (Å²) in [5.41, 5.74) is 3.50. The SMILES string of the molecule is CC(C)(C)c1cc2c(cn1)ncn2C1CC1. The van der Waals surface area contributed by atoms with Crippen molar-refractivity contribution in [1.29, 1.82) is 0 Å². The largest absolute Gasteiger partial charge is 0.327 e. The second kappa shape index (κ2) is 3.06. The second-order valence-electron chi connectivity index (χ2n) is 5.69. The fourth-order valence-electron chi connectivity index (χ4n) is 1.98. The fourth-order valence-corrected chi connectivity index (χ4v) is 1.98. The molecule has 0 atom stereocenters. The van der Waals surface area contributed by atoms with Gasteiger partial charge in [0.05, 0.1) is 18.0 Å². The van der Waals surface area contributed by atoms with E-state index in [1.165, 1.54) is 18.4 Å². The zero-order valence-electron chi connectivity index (χ0n) is 10.1. The van der Waals surface area contributed by atoms with E-state index in [9.17, 15) is 0 Å². The van der Waals surface area contributed by atoms with E-state index in [-0.39, 0.29) is 5.41 Å². The molecule has 2 aromatic heterocycles. The van der Waals surface area contributed by atoms with Gasteiger partial charge in [-0.1, -0.05) is 20.8 Å². The van der Waals surface area contributed by atoms with Crippen LogP contribution in [0.4, 0.5) is 0 Å². The first-order chi connectivity index (χ1) is 7.55. The summed E-state index contributed by atoms with van der Waals surface area (Å²) in [6.07, 6.45) is 6.43. The Balaban J connectivity index is 2.17. The van der Waals surface area contributed by atoms with Crippen LogP contribution < -0.4 is 0 Å². The lowest BCUT2D eigenvalue weighted by Gasteiger charge is -2.17. The van der Waals surface area contributed by atoms with Crippen molar-refractivity contribution in [1.82, 2.24) is 14.5 Å². The maximum atomic E-state index is 4.50.